The van der Waals surface area contributed by atoms with E-state index in [1.165, 1.54) is 6.42 Å². The van der Waals surface area contributed by atoms with Crippen molar-refractivity contribution in [2.45, 2.75) is 45.3 Å². The fourth-order valence-electron chi connectivity index (χ4n) is 2.30. The Hall–Kier alpha value is -0.130. The van der Waals surface area contributed by atoms with E-state index in [-0.39, 0.29) is 5.25 Å². The van der Waals surface area contributed by atoms with E-state index in [9.17, 15) is 8.42 Å². The van der Waals surface area contributed by atoms with Crippen molar-refractivity contribution in [3.63, 3.8) is 0 Å². The molecule has 0 radical (unpaired) electrons. The van der Waals surface area contributed by atoms with E-state index in [1.807, 2.05) is 6.92 Å². The number of sulfonamides is 1. The maximum atomic E-state index is 12.3. The largest absolute Gasteiger partial charge is 0.316 e. The predicted octanol–water partition coefficient (Wildman–Crippen LogP) is 1.44. The normalized spacial score (nSPS) is 24.8. The van der Waals surface area contributed by atoms with Crippen LogP contribution in [0.25, 0.3) is 0 Å². The van der Waals surface area contributed by atoms with E-state index < -0.39 is 10.0 Å². The van der Waals surface area contributed by atoms with Crippen LogP contribution in [0.2, 0.25) is 0 Å². The van der Waals surface area contributed by atoms with Gasteiger partial charge in [-0.1, -0.05) is 20.3 Å². The molecule has 0 saturated carbocycles. The molecular weight excluding hydrogens is 236 g/mol. The molecular formula is C12H26N2O2S. The molecule has 0 aromatic heterocycles. The molecule has 17 heavy (non-hydrogen) atoms. The van der Waals surface area contributed by atoms with Gasteiger partial charge in [0.15, 0.2) is 0 Å². The molecule has 4 nitrogen and oxygen atoms in total. The molecule has 0 aromatic carbocycles. The molecule has 1 saturated heterocycles. The lowest BCUT2D eigenvalue weighted by molar-refractivity contribution is 0.259. The fourth-order valence-corrected chi connectivity index (χ4v) is 3.94. The Labute approximate surface area is 106 Å². The van der Waals surface area contributed by atoms with Crippen LogP contribution in [0.1, 0.15) is 40.0 Å². The van der Waals surface area contributed by atoms with Gasteiger partial charge < -0.3 is 5.32 Å². The van der Waals surface area contributed by atoms with Crippen LogP contribution in [0, 0.1) is 5.92 Å². The maximum Gasteiger partial charge on any atom is 0.217 e. The Kier molecular flexibility index (Phi) is 5.89. The molecule has 102 valence electrons. The molecule has 0 bridgehead atoms. The Morgan fingerprint density at radius 3 is 2.71 bits per heavy atom. The van der Waals surface area contributed by atoms with Gasteiger partial charge in [0.1, 0.15) is 0 Å². The number of hydrogen-bond donors (Lipinski definition) is 1. The van der Waals surface area contributed by atoms with Crippen LogP contribution in [0.4, 0.5) is 0 Å². The minimum absolute atomic E-state index is 0.321. The molecule has 5 heteroatoms. The molecule has 0 spiro atoms. The number of hydrogen-bond acceptors (Lipinski definition) is 3. The summed E-state index contributed by atoms with van der Waals surface area (Å²) in [4.78, 5) is 0. The average Bonchev–Trinajstić information content (AvgIpc) is 2.35. The summed E-state index contributed by atoms with van der Waals surface area (Å²) >= 11 is 0. The van der Waals surface area contributed by atoms with Gasteiger partial charge in [0.25, 0.3) is 0 Å². The lowest BCUT2D eigenvalue weighted by atomic mass is 9.97. The van der Waals surface area contributed by atoms with Crippen molar-refractivity contribution in [1.82, 2.24) is 9.62 Å². The van der Waals surface area contributed by atoms with Gasteiger partial charge >= 0.3 is 0 Å². The summed E-state index contributed by atoms with van der Waals surface area (Å²) in [5.41, 5.74) is 0. The number of piperidine rings is 1. The third kappa shape index (κ3) is 3.93. The van der Waals surface area contributed by atoms with E-state index in [0.717, 1.165) is 25.9 Å². The van der Waals surface area contributed by atoms with Crippen LogP contribution < -0.4 is 5.32 Å². The summed E-state index contributed by atoms with van der Waals surface area (Å²) < 4.78 is 26.4. The average molecular weight is 262 g/mol. The minimum atomic E-state index is -3.11. The zero-order chi connectivity index (χ0) is 12.9. The Balaban J connectivity index is 2.62. The van der Waals surface area contributed by atoms with Crippen molar-refractivity contribution in [3.8, 4) is 0 Å². The van der Waals surface area contributed by atoms with Crippen LogP contribution in [0.5, 0.6) is 0 Å². The second-order valence-electron chi connectivity index (χ2n) is 4.94. The molecule has 1 N–H and O–H groups in total. The zero-order valence-corrected chi connectivity index (χ0v) is 12.1. The summed E-state index contributed by atoms with van der Waals surface area (Å²) in [6.45, 7) is 8.72. The smallest absolute Gasteiger partial charge is 0.217 e. The first kappa shape index (κ1) is 14.9. The van der Waals surface area contributed by atoms with Gasteiger partial charge in [0, 0.05) is 19.6 Å². The van der Waals surface area contributed by atoms with Crippen LogP contribution in [-0.4, -0.2) is 44.2 Å². The van der Waals surface area contributed by atoms with E-state index >= 15 is 0 Å². The number of rotatable bonds is 6. The monoisotopic (exact) mass is 262 g/mol. The Morgan fingerprint density at radius 1 is 1.41 bits per heavy atom. The first-order chi connectivity index (χ1) is 8.02. The molecule has 1 rings (SSSR count). The Morgan fingerprint density at radius 2 is 2.12 bits per heavy atom. The van der Waals surface area contributed by atoms with Crippen molar-refractivity contribution in [2.24, 2.45) is 5.92 Å². The first-order valence-corrected chi connectivity index (χ1v) is 8.22. The molecule has 1 heterocycles. The highest BCUT2D eigenvalue weighted by Crippen LogP contribution is 2.23. The summed E-state index contributed by atoms with van der Waals surface area (Å²) in [5, 5.41) is 2.79. The second kappa shape index (κ2) is 6.71. The quantitative estimate of drug-likeness (QED) is 0.788. The standard InChI is InChI=1S/C12H26N2O2S/c1-4-12-7-6-8-14(10-12)17(15,16)11(3)9-13-5-2/h11-13H,4-10H2,1-3H3. The van der Waals surface area contributed by atoms with Crippen LogP contribution >= 0.6 is 0 Å². The SMILES string of the molecule is CCNCC(C)S(=O)(=O)N1CCCC(CC)C1. The molecule has 0 amide bonds. The van der Waals surface area contributed by atoms with Crippen LogP contribution in [-0.2, 0) is 10.0 Å². The number of nitrogens with one attached hydrogen (secondary N) is 1. The lowest BCUT2D eigenvalue weighted by Gasteiger charge is -2.33. The molecule has 2 unspecified atom stereocenters. The summed E-state index contributed by atoms with van der Waals surface area (Å²) in [6.07, 6.45) is 3.25. The molecule has 1 aliphatic rings. The van der Waals surface area contributed by atoms with Gasteiger partial charge in [-0.15, -0.1) is 0 Å². The topological polar surface area (TPSA) is 49.4 Å². The summed E-state index contributed by atoms with van der Waals surface area (Å²) in [7, 11) is -3.11. The predicted molar refractivity (Wildman–Crippen MR) is 71.5 cm³/mol. The van der Waals surface area contributed by atoms with Gasteiger partial charge in [0.2, 0.25) is 10.0 Å². The molecule has 0 aromatic rings. The highest BCUT2D eigenvalue weighted by Gasteiger charge is 2.31. The van der Waals surface area contributed by atoms with Crippen molar-refractivity contribution < 1.29 is 8.42 Å². The van der Waals surface area contributed by atoms with E-state index in [4.69, 9.17) is 0 Å². The van der Waals surface area contributed by atoms with Gasteiger partial charge in [-0.25, -0.2) is 12.7 Å². The summed E-state index contributed by atoms with van der Waals surface area (Å²) in [5.74, 6) is 0.546. The molecule has 0 aliphatic carbocycles. The van der Waals surface area contributed by atoms with E-state index in [1.54, 1.807) is 11.2 Å². The third-order valence-electron chi connectivity index (χ3n) is 3.61. The fraction of sp³-hybridized carbons (Fsp3) is 1.00. The van der Waals surface area contributed by atoms with Gasteiger partial charge in [-0.2, -0.15) is 0 Å². The van der Waals surface area contributed by atoms with E-state index in [2.05, 4.69) is 12.2 Å². The van der Waals surface area contributed by atoms with Gasteiger partial charge in [-0.05, 0) is 32.2 Å². The summed E-state index contributed by atoms with van der Waals surface area (Å²) in [6, 6.07) is 0. The molecule has 1 aliphatic heterocycles. The van der Waals surface area contributed by atoms with Crippen molar-refractivity contribution >= 4 is 10.0 Å². The second-order valence-corrected chi connectivity index (χ2v) is 7.29. The Bertz CT molecular complexity index is 316. The van der Waals surface area contributed by atoms with Crippen LogP contribution in [0.3, 0.4) is 0 Å². The maximum absolute atomic E-state index is 12.3. The number of nitrogens with zero attached hydrogens (tertiary/aromatic N) is 1. The van der Waals surface area contributed by atoms with Crippen molar-refractivity contribution in [2.75, 3.05) is 26.2 Å². The highest BCUT2D eigenvalue weighted by molar-refractivity contribution is 7.89. The van der Waals surface area contributed by atoms with Gasteiger partial charge in [0.05, 0.1) is 5.25 Å². The molecule has 2 atom stereocenters. The lowest BCUT2D eigenvalue weighted by Crippen LogP contribution is -2.46. The zero-order valence-electron chi connectivity index (χ0n) is 11.3. The van der Waals surface area contributed by atoms with Crippen molar-refractivity contribution in [1.29, 1.82) is 0 Å². The minimum Gasteiger partial charge on any atom is -0.316 e. The van der Waals surface area contributed by atoms with Crippen LogP contribution in [0.15, 0.2) is 0 Å². The van der Waals surface area contributed by atoms with E-state index in [0.29, 0.717) is 19.0 Å². The highest BCUT2D eigenvalue weighted by atomic mass is 32.2. The van der Waals surface area contributed by atoms with Gasteiger partial charge in [-0.3, -0.25) is 0 Å². The first-order valence-electron chi connectivity index (χ1n) is 6.72. The third-order valence-corrected chi connectivity index (χ3v) is 5.84. The van der Waals surface area contributed by atoms with Crippen molar-refractivity contribution in [3.05, 3.63) is 0 Å². The molecule has 1 fully saturated rings.